The monoisotopic (exact) mass is 567 g/mol. The summed E-state index contributed by atoms with van der Waals surface area (Å²) in [5.74, 6) is -3.01. The maximum atomic E-state index is 14.3. The molecule has 0 aromatic heterocycles. The first kappa shape index (κ1) is 26.7. The van der Waals surface area contributed by atoms with E-state index in [0.717, 1.165) is 15.6 Å². The highest BCUT2D eigenvalue weighted by Crippen LogP contribution is 2.48. The van der Waals surface area contributed by atoms with E-state index in [2.05, 4.69) is 21.2 Å². The van der Waals surface area contributed by atoms with E-state index in [9.17, 15) is 14.4 Å². The number of ketones is 1. The number of ether oxygens (including phenoxy) is 3. The smallest absolute Gasteiger partial charge is 0.336 e. The predicted molar refractivity (Wildman–Crippen MR) is 142 cm³/mol. The third kappa shape index (κ3) is 5.21. The molecule has 0 unspecified atom stereocenters. The number of carbonyl (C=O) groups excluding carboxylic acids is 3. The SMILES string of the molecule is CCOC(=O)C1=C(C)NC2=C(C(=O)[C@H](C(=O)OCC)[C@@H](c3cccc(OC)c3)C2)[C@H]1c1ccc(Br)cc1. The van der Waals surface area contributed by atoms with Gasteiger partial charge in [-0.05, 0) is 62.6 Å². The number of dihydropyridines is 1. The summed E-state index contributed by atoms with van der Waals surface area (Å²) in [6.45, 7) is 5.62. The van der Waals surface area contributed by atoms with E-state index in [1.54, 1.807) is 21.0 Å². The number of rotatable bonds is 7. The lowest BCUT2D eigenvalue weighted by Gasteiger charge is -2.39. The molecule has 4 rings (SSSR count). The van der Waals surface area contributed by atoms with Crippen molar-refractivity contribution < 1.29 is 28.6 Å². The average Bonchev–Trinajstić information content (AvgIpc) is 2.88. The van der Waals surface area contributed by atoms with Crippen molar-refractivity contribution in [3.05, 3.63) is 86.7 Å². The van der Waals surface area contributed by atoms with Crippen LogP contribution in [0.25, 0.3) is 0 Å². The van der Waals surface area contributed by atoms with E-state index in [0.29, 0.717) is 34.7 Å². The van der Waals surface area contributed by atoms with Gasteiger partial charge in [-0.2, -0.15) is 0 Å². The number of benzene rings is 2. The van der Waals surface area contributed by atoms with Crippen LogP contribution in [0.1, 0.15) is 50.2 Å². The summed E-state index contributed by atoms with van der Waals surface area (Å²) in [7, 11) is 1.57. The topological polar surface area (TPSA) is 90.9 Å². The van der Waals surface area contributed by atoms with Gasteiger partial charge in [-0.1, -0.05) is 40.2 Å². The lowest BCUT2D eigenvalue weighted by Crippen LogP contribution is -2.43. The fraction of sp³-hybridized carbons (Fsp3) is 0.345. The minimum atomic E-state index is -1.06. The van der Waals surface area contributed by atoms with Crippen LogP contribution in [-0.4, -0.2) is 38.0 Å². The van der Waals surface area contributed by atoms with Crippen LogP contribution in [0.15, 0.2) is 75.5 Å². The van der Waals surface area contributed by atoms with Crippen molar-refractivity contribution in [2.75, 3.05) is 20.3 Å². The molecule has 194 valence electrons. The number of allylic oxidation sites excluding steroid dienone is 3. The summed E-state index contributed by atoms with van der Waals surface area (Å²) in [6, 6.07) is 14.9. The molecule has 1 aliphatic heterocycles. The first-order chi connectivity index (χ1) is 17.8. The molecule has 3 atom stereocenters. The summed E-state index contributed by atoms with van der Waals surface area (Å²) >= 11 is 3.46. The van der Waals surface area contributed by atoms with Crippen molar-refractivity contribution in [3.8, 4) is 5.75 Å². The number of methoxy groups -OCH3 is 1. The maximum Gasteiger partial charge on any atom is 0.336 e. The lowest BCUT2D eigenvalue weighted by molar-refractivity contribution is -0.152. The summed E-state index contributed by atoms with van der Waals surface area (Å²) in [5, 5.41) is 3.31. The van der Waals surface area contributed by atoms with Gasteiger partial charge in [0.2, 0.25) is 0 Å². The van der Waals surface area contributed by atoms with Crippen molar-refractivity contribution in [1.29, 1.82) is 0 Å². The van der Waals surface area contributed by atoms with E-state index in [-0.39, 0.29) is 19.0 Å². The third-order valence-corrected chi connectivity index (χ3v) is 7.31. The largest absolute Gasteiger partial charge is 0.497 e. The lowest BCUT2D eigenvalue weighted by atomic mass is 9.67. The Balaban J connectivity index is 1.89. The molecular formula is C29H30BrNO6. The Kier molecular flexibility index (Phi) is 8.17. The first-order valence-electron chi connectivity index (χ1n) is 12.3. The van der Waals surface area contributed by atoms with E-state index in [1.165, 1.54) is 0 Å². The molecule has 1 aliphatic carbocycles. The molecule has 0 amide bonds. The molecule has 0 fully saturated rings. The zero-order valence-electron chi connectivity index (χ0n) is 21.3. The number of Topliss-reactive ketones (excluding diaryl/α,β-unsaturated/α-hetero) is 1. The molecule has 0 bridgehead atoms. The van der Waals surface area contributed by atoms with Crippen LogP contribution in [0.2, 0.25) is 0 Å². The van der Waals surface area contributed by atoms with Gasteiger partial charge in [0, 0.05) is 33.3 Å². The van der Waals surface area contributed by atoms with Gasteiger partial charge < -0.3 is 19.5 Å². The highest BCUT2D eigenvalue weighted by Gasteiger charge is 2.49. The molecule has 37 heavy (non-hydrogen) atoms. The van der Waals surface area contributed by atoms with Crippen molar-refractivity contribution in [3.63, 3.8) is 0 Å². The summed E-state index contributed by atoms with van der Waals surface area (Å²) in [4.78, 5) is 40.7. The number of hydrogen-bond donors (Lipinski definition) is 1. The zero-order valence-corrected chi connectivity index (χ0v) is 22.9. The molecule has 2 aromatic carbocycles. The summed E-state index contributed by atoms with van der Waals surface area (Å²) in [5.41, 5.74) is 3.63. The van der Waals surface area contributed by atoms with Gasteiger partial charge >= 0.3 is 11.9 Å². The second-order valence-electron chi connectivity index (χ2n) is 8.94. The Hall–Kier alpha value is -3.39. The Morgan fingerprint density at radius 1 is 1.03 bits per heavy atom. The van der Waals surface area contributed by atoms with E-state index in [4.69, 9.17) is 14.2 Å². The molecule has 0 radical (unpaired) electrons. The van der Waals surface area contributed by atoms with Gasteiger partial charge in [0.15, 0.2) is 5.78 Å². The summed E-state index contributed by atoms with van der Waals surface area (Å²) < 4.78 is 17.0. The number of carbonyl (C=O) groups is 3. The first-order valence-corrected chi connectivity index (χ1v) is 13.1. The summed E-state index contributed by atoms with van der Waals surface area (Å²) in [6.07, 6.45) is 0.387. The zero-order chi connectivity index (χ0) is 26.7. The van der Waals surface area contributed by atoms with Crippen LogP contribution in [0.5, 0.6) is 5.75 Å². The van der Waals surface area contributed by atoms with Gasteiger partial charge in [0.05, 0.1) is 25.9 Å². The van der Waals surface area contributed by atoms with Crippen LogP contribution < -0.4 is 10.1 Å². The van der Waals surface area contributed by atoms with Gasteiger partial charge in [-0.25, -0.2) is 4.79 Å². The van der Waals surface area contributed by atoms with E-state index < -0.39 is 29.7 Å². The van der Waals surface area contributed by atoms with E-state index >= 15 is 0 Å². The van der Waals surface area contributed by atoms with Gasteiger partial charge in [-0.3, -0.25) is 9.59 Å². The Labute approximate surface area is 225 Å². The second kappa shape index (κ2) is 11.3. The fourth-order valence-electron chi connectivity index (χ4n) is 5.19. The predicted octanol–water partition coefficient (Wildman–Crippen LogP) is 5.17. The van der Waals surface area contributed by atoms with Crippen molar-refractivity contribution in [2.24, 2.45) is 5.92 Å². The van der Waals surface area contributed by atoms with Gasteiger partial charge in [0.1, 0.15) is 11.7 Å². The molecule has 2 aliphatic rings. The number of esters is 2. The third-order valence-electron chi connectivity index (χ3n) is 6.78. The molecule has 0 saturated heterocycles. The second-order valence-corrected chi connectivity index (χ2v) is 9.86. The fourth-order valence-corrected chi connectivity index (χ4v) is 5.45. The van der Waals surface area contributed by atoms with Gasteiger partial charge in [-0.15, -0.1) is 0 Å². The Morgan fingerprint density at radius 3 is 2.38 bits per heavy atom. The molecule has 8 heteroatoms. The molecule has 7 nitrogen and oxygen atoms in total. The molecular weight excluding hydrogens is 538 g/mol. The number of hydrogen-bond acceptors (Lipinski definition) is 7. The van der Waals surface area contributed by atoms with Gasteiger partial charge in [0.25, 0.3) is 0 Å². The molecule has 2 aromatic rings. The molecule has 0 spiro atoms. The highest BCUT2D eigenvalue weighted by atomic mass is 79.9. The highest BCUT2D eigenvalue weighted by molar-refractivity contribution is 9.10. The Morgan fingerprint density at radius 2 is 1.73 bits per heavy atom. The van der Waals surface area contributed by atoms with Crippen LogP contribution in [0.4, 0.5) is 0 Å². The number of nitrogens with one attached hydrogen (secondary N) is 1. The normalized spacial score (nSPS) is 21.2. The van der Waals surface area contributed by atoms with Crippen molar-refractivity contribution in [2.45, 2.75) is 39.0 Å². The Bertz CT molecular complexity index is 1280. The van der Waals surface area contributed by atoms with Crippen LogP contribution >= 0.6 is 15.9 Å². The minimum Gasteiger partial charge on any atom is -0.497 e. The standard InChI is InChI=1S/C29H30BrNO6/c1-5-36-28(33)23-16(3)31-22-15-21(18-8-7-9-20(14-18)35-4)25(29(34)37-6-2)27(32)26(22)24(23)17-10-12-19(30)13-11-17/h7-14,21,24-25,31H,5-6,15H2,1-4H3/t21-,24+,25-/m1/s1. The van der Waals surface area contributed by atoms with Crippen LogP contribution in [-0.2, 0) is 23.9 Å². The molecule has 0 saturated carbocycles. The van der Waals surface area contributed by atoms with Crippen molar-refractivity contribution >= 4 is 33.7 Å². The maximum absolute atomic E-state index is 14.3. The van der Waals surface area contributed by atoms with Crippen LogP contribution in [0, 0.1) is 5.92 Å². The quantitative estimate of drug-likeness (QED) is 0.364. The van der Waals surface area contributed by atoms with Crippen molar-refractivity contribution in [1.82, 2.24) is 5.32 Å². The average molecular weight is 568 g/mol. The number of halogens is 1. The minimum absolute atomic E-state index is 0.154. The molecule has 1 N–H and O–H groups in total. The van der Waals surface area contributed by atoms with E-state index in [1.807, 2.05) is 55.5 Å². The molecule has 1 heterocycles. The van der Waals surface area contributed by atoms with Crippen LogP contribution in [0.3, 0.4) is 0 Å².